The maximum atomic E-state index is 4.68. The highest BCUT2D eigenvalue weighted by Gasteiger charge is 2.05. The number of hydrogen-bond donors (Lipinski definition) is 0. The number of pyridine rings is 2. The third-order valence-corrected chi connectivity index (χ3v) is 9.55. The normalized spacial score (nSPS) is 11.4. The molecular weight excluding hydrogens is 532 g/mol. The predicted molar refractivity (Wildman–Crippen MR) is 195 cm³/mol. The largest absolute Gasteiger partial charge is 0.255 e. The standard InChI is InChI=1S/C42H72N2/c1-3-5-7-9-11-13-15-17-19-21-23-25-27-29-31-39-33-35-43-41(37-39)42-38-40(34-36-44-42)32-30-28-26-24-22-20-18-16-14-12-10-8-6-4-2/h33-38H,3-32H2,1-2H3. The van der Waals surface area contributed by atoms with Gasteiger partial charge in [-0.3, -0.25) is 9.97 Å². The third-order valence-electron chi connectivity index (χ3n) is 9.55. The molecule has 0 aliphatic rings. The summed E-state index contributed by atoms with van der Waals surface area (Å²) in [6.45, 7) is 4.60. The van der Waals surface area contributed by atoms with Crippen LogP contribution in [0.2, 0.25) is 0 Å². The van der Waals surface area contributed by atoms with Crippen molar-refractivity contribution in [2.75, 3.05) is 0 Å². The van der Waals surface area contributed by atoms with Crippen molar-refractivity contribution in [3.05, 3.63) is 47.8 Å². The summed E-state index contributed by atoms with van der Waals surface area (Å²) in [6, 6.07) is 8.95. The summed E-state index contributed by atoms with van der Waals surface area (Å²) in [4.78, 5) is 9.36. The molecule has 2 nitrogen and oxygen atoms in total. The Hall–Kier alpha value is -1.70. The van der Waals surface area contributed by atoms with Crippen molar-refractivity contribution in [2.45, 2.75) is 206 Å². The fraction of sp³-hybridized carbons (Fsp3) is 0.762. The molecular formula is C42H72N2. The molecule has 0 saturated heterocycles. The fourth-order valence-electron chi connectivity index (χ4n) is 6.59. The second-order valence-corrected chi connectivity index (χ2v) is 13.8. The molecule has 2 aromatic heterocycles. The summed E-state index contributed by atoms with van der Waals surface area (Å²) in [7, 11) is 0. The van der Waals surface area contributed by atoms with Crippen LogP contribution in [0.15, 0.2) is 36.7 Å². The Morgan fingerprint density at radius 3 is 0.864 bits per heavy atom. The van der Waals surface area contributed by atoms with Gasteiger partial charge in [0.2, 0.25) is 0 Å². The van der Waals surface area contributed by atoms with Crippen LogP contribution >= 0.6 is 0 Å². The first kappa shape index (κ1) is 38.5. The SMILES string of the molecule is CCCCCCCCCCCCCCCCc1ccnc(-c2cc(CCCCCCCCCCCCCCCC)ccn2)c1. The van der Waals surface area contributed by atoms with E-state index < -0.39 is 0 Å². The molecule has 250 valence electrons. The van der Waals surface area contributed by atoms with Gasteiger partial charge in [-0.2, -0.15) is 0 Å². The van der Waals surface area contributed by atoms with Crippen molar-refractivity contribution < 1.29 is 0 Å². The Morgan fingerprint density at radius 2 is 0.591 bits per heavy atom. The van der Waals surface area contributed by atoms with Crippen LogP contribution < -0.4 is 0 Å². The molecule has 2 heterocycles. The minimum absolute atomic E-state index is 1.04. The van der Waals surface area contributed by atoms with Crippen molar-refractivity contribution in [3.8, 4) is 11.4 Å². The molecule has 0 saturated carbocycles. The number of aromatic nitrogens is 2. The van der Waals surface area contributed by atoms with E-state index in [0.717, 1.165) is 24.2 Å². The average molecular weight is 605 g/mol. The maximum Gasteiger partial charge on any atom is 0.0888 e. The van der Waals surface area contributed by atoms with Crippen molar-refractivity contribution in [2.24, 2.45) is 0 Å². The van der Waals surface area contributed by atoms with Gasteiger partial charge in [0.15, 0.2) is 0 Å². The van der Waals surface area contributed by atoms with E-state index in [0.29, 0.717) is 0 Å². The van der Waals surface area contributed by atoms with Gasteiger partial charge >= 0.3 is 0 Å². The van der Waals surface area contributed by atoms with E-state index in [1.165, 1.54) is 191 Å². The minimum Gasteiger partial charge on any atom is -0.255 e. The van der Waals surface area contributed by atoms with E-state index in [9.17, 15) is 0 Å². The van der Waals surface area contributed by atoms with Gasteiger partial charge in [-0.1, -0.05) is 181 Å². The molecule has 0 aromatic carbocycles. The number of rotatable bonds is 31. The summed E-state index contributed by atoms with van der Waals surface area (Å²) in [5.74, 6) is 0. The molecule has 2 rings (SSSR count). The molecule has 0 unspecified atom stereocenters. The summed E-state index contributed by atoms with van der Waals surface area (Å²) in [5.41, 5.74) is 4.90. The molecule has 0 amide bonds. The zero-order valence-corrected chi connectivity index (χ0v) is 29.6. The summed E-state index contributed by atoms with van der Waals surface area (Å²) >= 11 is 0. The van der Waals surface area contributed by atoms with E-state index in [2.05, 4.69) is 48.1 Å². The first-order valence-corrected chi connectivity index (χ1v) is 19.7. The van der Waals surface area contributed by atoms with Crippen LogP contribution in [0.25, 0.3) is 11.4 Å². The molecule has 0 spiro atoms. The molecule has 44 heavy (non-hydrogen) atoms. The van der Waals surface area contributed by atoms with Crippen LogP contribution in [0, 0.1) is 0 Å². The van der Waals surface area contributed by atoms with E-state index in [1.54, 1.807) is 0 Å². The highest BCUT2D eigenvalue weighted by molar-refractivity contribution is 5.55. The lowest BCUT2D eigenvalue weighted by Crippen LogP contribution is -1.94. The van der Waals surface area contributed by atoms with Gasteiger partial charge < -0.3 is 0 Å². The van der Waals surface area contributed by atoms with Crippen LogP contribution in [-0.4, -0.2) is 9.97 Å². The van der Waals surface area contributed by atoms with Gasteiger partial charge in [-0.25, -0.2) is 0 Å². The predicted octanol–water partition coefficient (Wildman–Crippen LogP) is 14.2. The smallest absolute Gasteiger partial charge is 0.0888 e. The van der Waals surface area contributed by atoms with E-state index in [-0.39, 0.29) is 0 Å². The first-order chi connectivity index (χ1) is 21.8. The second kappa shape index (κ2) is 28.8. The van der Waals surface area contributed by atoms with Crippen LogP contribution in [0.4, 0.5) is 0 Å². The quantitative estimate of drug-likeness (QED) is 0.0800. The molecule has 0 atom stereocenters. The third kappa shape index (κ3) is 21.1. The van der Waals surface area contributed by atoms with Gasteiger partial charge in [-0.15, -0.1) is 0 Å². The van der Waals surface area contributed by atoms with Crippen molar-refractivity contribution in [1.82, 2.24) is 9.97 Å². The van der Waals surface area contributed by atoms with Gasteiger partial charge in [0.25, 0.3) is 0 Å². The number of aryl methyl sites for hydroxylation is 2. The summed E-state index contributed by atoms with van der Waals surface area (Å²) in [6.07, 6.45) is 45.9. The molecule has 0 aliphatic heterocycles. The minimum atomic E-state index is 1.04. The zero-order chi connectivity index (χ0) is 31.2. The molecule has 2 heteroatoms. The van der Waals surface area contributed by atoms with Crippen LogP contribution in [0.5, 0.6) is 0 Å². The van der Waals surface area contributed by atoms with Gasteiger partial charge in [0.05, 0.1) is 11.4 Å². The van der Waals surface area contributed by atoms with Crippen molar-refractivity contribution >= 4 is 0 Å². The lowest BCUT2D eigenvalue weighted by molar-refractivity contribution is 0.535. The monoisotopic (exact) mass is 605 g/mol. The van der Waals surface area contributed by atoms with Crippen molar-refractivity contribution in [1.29, 1.82) is 0 Å². The molecule has 0 fully saturated rings. The lowest BCUT2D eigenvalue weighted by Gasteiger charge is -2.07. The van der Waals surface area contributed by atoms with E-state index in [4.69, 9.17) is 0 Å². The van der Waals surface area contributed by atoms with Crippen LogP contribution in [0.3, 0.4) is 0 Å². The second-order valence-electron chi connectivity index (χ2n) is 13.8. The Bertz CT molecular complexity index is 817. The van der Waals surface area contributed by atoms with Gasteiger partial charge in [-0.05, 0) is 61.1 Å². The van der Waals surface area contributed by atoms with Gasteiger partial charge in [0.1, 0.15) is 0 Å². The zero-order valence-electron chi connectivity index (χ0n) is 29.6. The fourth-order valence-corrected chi connectivity index (χ4v) is 6.59. The Kier molecular flexibility index (Phi) is 25.1. The number of unbranched alkanes of at least 4 members (excludes halogenated alkanes) is 26. The lowest BCUT2D eigenvalue weighted by atomic mass is 10.0. The number of hydrogen-bond acceptors (Lipinski definition) is 2. The highest BCUT2D eigenvalue weighted by atomic mass is 14.8. The Labute approximate surface area is 275 Å². The summed E-state index contributed by atoms with van der Waals surface area (Å²) < 4.78 is 0. The molecule has 0 radical (unpaired) electrons. The Balaban J connectivity index is 1.49. The van der Waals surface area contributed by atoms with Crippen LogP contribution in [-0.2, 0) is 12.8 Å². The molecule has 0 aliphatic carbocycles. The number of nitrogens with zero attached hydrogens (tertiary/aromatic N) is 2. The van der Waals surface area contributed by atoms with Crippen molar-refractivity contribution in [3.63, 3.8) is 0 Å². The van der Waals surface area contributed by atoms with E-state index in [1.807, 2.05) is 12.4 Å². The topological polar surface area (TPSA) is 25.8 Å². The summed E-state index contributed by atoms with van der Waals surface area (Å²) in [5, 5.41) is 0. The maximum absolute atomic E-state index is 4.68. The average Bonchev–Trinajstić information content (AvgIpc) is 3.05. The Morgan fingerprint density at radius 1 is 0.341 bits per heavy atom. The van der Waals surface area contributed by atoms with Gasteiger partial charge in [0, 0.05) is 12.4 Å². The molecule has 0 bridgehead atoms. The highest BCUT2D eigenvalue weighted by Crippen LogP contribution is 2.20. The molecule has 2 aromatic rings. The van der Waals surface area contributed by atoms with Crippen LogP contribution in [0.1, 0.15) is 205 Å². The molecule has 0 N–H and O–H groups in total. The van der Waals surface area contributed by atoms with E-state index >= 15 is 0 Å². The first-order valence-electron chi connectivity index (χ1n) is 19.7.